The lowest BCUT2D eigenvalue weighted by molar-refractivity contribution is -0.132. The summed E-state index contributed by atoms with van der Waals surface area (Å²) in [4.78, 5) is 22.9. The van der Waals surface area contributed by atoms with Crippen LogP contribution in [0.1, 0.15) is 73.8 Å². The van der Waals surface area contributed by atoms with E-state index in [0.717, 1.165) is 24.6 Å². The SMILES string of the molecule is Cc1noc(CC(=O)N2CCC(c3nc(C4CCCC4)no3)CC2)n1. The van der Waals surface area contributed by atoms with Crippen LogP contribution < -0.4 is 0 Å². The molecule has 8 heteroatoms. The Kier molecular flexibility index (Phi) is 4.50. The Balaban J connectivity index is 1.31. The average Bonchev–Trinajstić information content (AvgIpc) is 3.36. The summed E-state index contributed by atoms with van der Waals surface area (Å²) in [5, 5.41) is 7.91. The van der Waals surface area contributed by atoms with Crippen LogP contribution in [0.2, 0.25) is 0 Å². The molecule has 4 rings (SSSR count). The first-order chi connectivity index (χ1) is 12.2. The highest BCUT2D eigenvalue weighted by Crippen LogP contribution is 2.34. The van der Waals surface area contributed by atoms with Crippen molar-refractivity contribution in [2.75, 3.05) is 13.1 Å². The second kappa shape index (κ2) is 6.93. The third-order valence-corrected chi connectivity index (χ3v) is 5.25. The van der Waals surface area contributed by atoms with E-state index in [9.17, 15) is 4.79 Å². The summed E-state index contributed by atoms with van der Waals surface area (Å²) >= 11 is 0. The molecule has 0 unspecified atom stereocenters. The van der Waals surface area contributed by atoms with E-state index in [1.54, 1.807) is 6.92 Å². The number of nitrogens with zero attached hydrogens (tertiary/aromatic N) is 5. The number of carbonyl (C=O) groups is 1. The van der Waals surface area contributed by atoms with Gasteiger partial charge >= 0.3 is 0 Å². The van der Waals surface area contributed by atoms with Gasteiger partial charge in [-0.15, -0.1) is 0 Å². The standard InChI is InChI=1S/C17H23N5O3/c1-11-18-14(24-20-11)10-15(23)22-8-6-13(7-9-22)17-19-16(21-25-17)12-4-2-3-5-12/h12-13H,2-10H2,1H3. The van der Waals surface area contributed by atoms with Gasteiger partial charge in [-0.3, -0.25) is 4.79 Å². The van der Waals surface area contributed by atoms with Gasteiger partial charge in [0.2, 0.25) is 17.7 Å². The predicted octanol–water partition coefficient (Wildman–Crippen LogP) is 2.37. The molecule has 134 valence electrons. The van der Waals surface area contributed by atoms with Crippen molar-refractivity contribution in [2.24, 2.45) is 0 Å². The van der Waals surface area contributed by atoms with E-state index in [4.69, 9.17) is 9.05 Å². The highest BCUT2D eigenvalue weighted by molar-refractivity contribution is 5.77. The van der Waals surface area contributed by atoms with Gasteiger partial charge < -0.3 is 13.9 Å². The van der Waals surface area contributed by atoms with Gasteiger partial charge in [0.25, 0.3) is 0 Å². The fraction of sp³-hybridized carbons (Fsp3) is 0.706. The van der Waals surface area contributed by atoms with E-state index in [2.05, 4.69) is 20.3 Å². The van der Waals surface area contributed by atoms with Crippen molar-refractivity contribution in [3.05, 3.63) is 23.4 Å². The molecule has 0 bridgehead atoms. The van der Waals surface area contributed by atoms with Gasteiger partial charge in [-0.05, 0) is 32.6 Å². The summed E-state index contributed by atoms with van der Waals surface area (Å²) in [6, 6.07) is 0. The number of rotatable bonds is 4. The smallest absolute Gasteiger partial charge is 0.236 e. The maximum Gasteiger partial charge on any atom is 0.236 e. The molecule has 3 heterocycles. The van der Waals surface area contributed by atoms with Gasteiger partial charge in [0, 0.05) is 24.9 Å². The zero-order valence-electron chi connectivity index (χ0n) is 14.5. The van der Waals surface area contributed by atoms with Crippen molar-refractivity contribution < 1.29 is 13.8 Å². The van der Waals surface area contributed by atoms with E-state index in [0.29, 0.717) is 30.7 Å². The van der Waals surface area contributed by atoms with Gasteiger partial charge in [-0.25, -0.2) is 0 Å². The van der Waals surface area contributed by atoms with E-state index >= 15 is 0 Å². The summed E-state index contributed by atoms with van der Waals surface area (Å²) in [7, 11) is 0. The van der Waals surface area contributed by atoms with Crippen LogP contribution in [-0.2, 0) is 11.2 Å². The zero-order chi connectivity index (χ0) is 17.2. The number of likely N-dealkylation sites (tertiary alicyclic amines) is 1. The van der Waals surface area contributed by atoms with Crippen molar-refractivity contribution in [2.45, 2.75) is 63.7 Å². The van der Waals surface area contributed by atoms with Gasteiger partial charge in [0.05, 0.1) is 0 Å². The first-order valence-corrected chi connectivity index (χ1v) is 9.09. The van der Waals surface area contributed by atoms with Gasteiger partial charge in [-0.1, -0.05) is 23.2 Å². The first kappa shape index (κ1) is 16.2. The summed E-state index contributed by atoms with van der Waals surface area (Å²) in [6.45, 7) is 3.13. The molecular weight excluding hydrogens is 322 g/mol. The number of hydrogen-bond donors (Lipinski definition) is 0. The van der Waals surface area contributed by atoms with Crippen LogP contribution in [0.25, 0.3) is 0 Å². The second-order valence-corrected chi connectivity index (χ2v) is 7.04. The third-order valence-electron chi connectivity index (χ3n) is 5.25. The lowest BCUT2D eigenvalue weighted by Crippen LogP contribution is -2.38. The maximum absolute atomic E-state index is 12.3. The van der Waals surface area contributed by atoms with Crippen LogP contribution in [0.5, 0.6) is 0 Å². The molecule has 0 aromatic carbocycles. The van der Waals surface area contributed by atoms with Crippen LogP contribution in [0, 0.1) is 6.92 Å². The van der Waals surface area contributed by atoms with Gasteiger partial charge in [-0.2, -0.15) is 9.97 Å². The Morgan fingerprint density at radius 1 is 1.04 bits per heavy atom. The summed E-state index contributed by atoms with van der Waals surface area (Å²) in [5.74, 6) is 3.28. The number of carbonyl (C=O) groups excluding carboxylic acids is 1. The van der Waals surface area contributed by atoms with Crippen LogP contribution in [-0.4, -0.2) is 44.2 Å². The Labute approximate surface area is 146 Å². The Hall–Kier alpha value is -2.25. The summed E-state index contributed by atoms with van der Waals surface area (Å²) in [6.07, 6.45) is 6.71. The molecule has 25 heavy (non-hydrogen) atoms. The Morgan fingerprint density at radius 3 is 2.48 bits per heavy atom. The topological polar surface area (TPSA) is 98.2 Å². The minimum Gasteiger partial charge on any atom is -0.342 e. The molecule has 0 radical (unpaired) electrons. The predicted molar refractivity (Wildman–Crippen MR) is 86.8 cm³/mol. The molecule has 1 aliphatic carbocycles. The Morgan fingerprint density at radius 2 is 1.80 bits per heavy atom. The molecule has 2 fully saturated rings. The largest absolute Gasteiger partial charge is 0.342 e. The monoisotopic (exact) mass is 345 g/mol. The molecule has 2 aliphatic rings. The summed E-state index contributed by atoms with van der Waals surface area (Å²) < 4.78 is 10.5. The van der Waals surface area contributed by atoms with Crippen molar-refractivity contribution in [1.29, 1.82) is 0 Å². The lowest BCUT2D eigenvalue weighted by atomic mass is 9.96. The van der Waals surface area contributed by atoms with E-state index in [1.165, 1.54) is 25.7 Å². The number of aryl methyl sites for hydroxylation is 1. The fourth-order valence-corrected chi connectivity index (χ4v) is 3.79. The molecule has 0 atom stereocenters. The quantitative estimate of drug-likeness (QED) is 0.839. The van der Waals surface area contributed by atoms with Crippen LogP contribution in [0.3, 0.4) is 0 Å². The van der Waals surface area contributed by atoms with E-state index < -0.39 is 0 Å². The average molecular weight is 345 g/mol. The third kappa shape index (κ3) is 3.57. The fourth-order valence-electron chi connectivity index (χ4n) is 3.79. The number of aromatic nitrogens is 4. The molecular formula is C17H23N5O3. The number of amides is 1. The molecule has 2 aromatic rings. The maximum atomic E-state index is 12.3. The van der Waals surface area contributed by atoms with Crippen molar-refractivity contribution in [1.82, 2.24) is 25.2 Å². The van der Waals surface area contributed by atoms with Gasteiger partial charge in [0.15, 0.2) is 11.6 Å². The van der Waals surface area contributed by atoms with Crippen LogP contribution >= 0.6 is 0 Å². The van der Waals surface area contributed by atoms with Crippen LogP contribution in [0.15, 0.2) is 9.05 Å². The van der Waals surface area contributed by atoms with Crippen molar-refractivity contribution in [3.8, 4) is 0 Å². The van der Waals surface area contributed by atoms with E-state index in [1.807, 2.05) is 4.90 Å². The molecule has 1 aliphatic heterocycles. The Bertz CT molecular complexity index is 726. The normalized spacial score (nSPS) is 19.6. The molecule has 2 aromatic heterocycles. The number of piperidine rings is 1. The number of hydrogen-bond acceptors (Lipinski definition) is 7. The minimum atomic E-state index is 0.0271. The second-order valence-electron chi connectivity index (χ2n) is 7.04. The van der Waals surface area contributed by atoms with Crippen molar-refractivity contribution in [3.63, 3.8) is 0 Å². The summed E-state index contributed by atoms with van der Waals surface area (Å²) in [5.41, 5.74) is 0. The molecule has 1 amide bonds. The molecule has 0 N–H and O–H groups in total. The van der Waals surface area contributed by atoms with Gasteiger partial charge in [0.1, 0.15) is 6.42 Å². The lowest BCUT2D eigenvalue weighted by Gasteiger charge is -2.30. The van der Waals surface area contributed by atoms with Crippen molar-refractivity contribution >= 4 is 5.91 Å². The highest BCUT2D eigenvalue weighted by atomic mass is 16.5. The molecule has 0 spiro atoms. The highest BCUT2D eigenvalue weighted by Gasteiger charge is 2.29. The molecule has 1 saturated heterocycles. The minimum absolute atomic E-state index is 0.0271. The molecule has 1 saturated carbocycles. The molecule has 8 nitrogen and oxygen atoms in total. The van der Waals surface area contributed by atoms with Crippen LogP contribution in [0.4, 0.5) is 0 Å². The first-order valence-electron chi connectivity index (χ1n) is 9.09. The zero-order valence-corrected chi connectivity index (χ0v) is 14.5. The van der Waals surface area contributed by atoms with E-state index in [-0.39, 0.29) is 18.2 Å².